The molecule has 0 unspecified atom stereocenters. The van der Waals surface area contributed by atoms with E-state index in [4.69, 9.17) is 4.74 Å². The average Bonchev–Trinajstić information content (AvgIpc) is 2.77. The minimum absolute atomic E-state index is 0.0461. The van der Waals surface area contributed by atoms with Crippen LogP contribution in [0.2, 0.25) is 0 Å². The van der Waals surface area contributed by atoms with Gasteiger partial charge in [-0.15, -0.1) is 0 Å². The van der Waals surface area contributed by atoms with Crippen molar-refractivity contribution in [2.75, 3.05) is 25.6 Å². The van der Waals surface area contributed by atoms with Gasteiger partial charge < -0.3 is 15.0 Å². The number of anilines is 1. The maximum absolute atomic E-state index is 12.4. The molecule has 0 aromatic heterocycles. The summed E-state index contributed by atoms with van der Waals surface area (Å²) in [5, 5.41) is 2.84. The molecule has 0 bridgehead atoms. The van der Waals surface area contributed by atoms with Crippen molar-refractivity contribution in [3.8, 4) is 5.75 Å². The van der Waals surface area contributed by atoms with Gasteiger partial charge in [-0.05, 0) is 42.0 Å². The fraction of sp³-hybridized carbons (Fsp3) is 0.167. The van der Waals surface area contributed by atoms with Crippen LogP contribution in [-0.2, 0) is 11.3 Å². The Labute approximate surface area is 170 Å². The van der Waals surface area contributed by atoms with Gasteiger partial charge in [-0.1, -0.05) is 42.5 Å². The quantitative estimate of drug-likeness (QED) is 0.598. The van der Waals surface area contributed by atoms with Crippen LogP contribution in [0.1, 0.15) is 21.5 Å². The predicted octanol–water partition coefficient (Wildman–Crippen LogP) is 3.68. The van der Waals surface area contributed by atoms with Gasteiger partial charge in [0.15, 0.2) is 12.4 Å². The summed E-state index contributed by atoms with van der Waals surface area (Å²) in [5.74, 6) is 0.293. The molecule has 0 radical (unpaired) electrons. The normalized spacial score (nSPS) is 10.3. The van der Waals surface area contributed by atoms with Crippen molar-refractivity contribution in [1.29, 1.82) is 0 Å². The van der Waals surface area contributed by atoms with E-state index in [0.717, 1.165) is 11.3 Å². The summed E-state index contributed by atoms with van der Waals surface area (Å²) < 4.78 is 5.52. The average molecular weight is 388 g/mol. The second-order valence-corrected chi connectivity index (χ2v) is 6.85. The molecule has 29 heavy (non-hydrogen) atoms. The second-order valence-electron chi connectivity index (χ2n) is 6.85. The van der Waals surface area contributed by atoms with Gasteiger partial charge in [0.2, 0.25) is 0 Å². The van der Waals surface area contributed by atoms with Crippen LogP contribution in [0.3, 0.4) is 0 Å². The van der Waals surface area contributed by atoms with Crippen LogP contribution in [-0.4, -0.2) is 32.4 Å². The van der Waals surface area contributed by atoms with Crippen molar-refractivity contribution >= 4 is 17.4 Å². The van der Waals surface area contributed by atoms with Crippen LogP contribution in [0.25, 0.3) is 0 Å². The number of hydrogen-bond acceptors (Lipinski definition) is 4. The molecule has 0 aliphatic carbocycles. The molecule has 5 nitrogen and oxygen atoms in total. The van der Waals surface area contributed by atoms with Crippen LogP contribution >= 0.6 is 0 Å². The van der Waals surface area contributed by atoms with Gasteiger partial charge in [0.1, 0.15) is 5.75 Å². The molecule has 1 amide bonds. The molecule has 0 heterocycles. The Morgan fingerprint density at radius 3 is 2.07 bits per heavy atom. The van der Waals surface area contributed by atoms with Gasteiger partial charge >= 0.3 is 0 Å². The lowest BCUT2D eigenvalue weighted by Crippen LogP contribution is -2.28. The molecule has 0 spiro atoms. The highest BCUT2D eigenvalue weighted by molar-refractivity contribution is 6.08. The minimum atomic E-state index is -0.203. The highest BCUT2D eigenvalue weighted by Gasteiger charge is 2.09. The Morgan fingerprint density at radius 1 is 0.828 bits per heavy atom. The summed E-state index contributed by atoms with van der Waals surface area (Å²) in [6.07, 6.45) is 0. The molecule has 1 N–H and O–H groups in total. The number of benzene rings is 3. The van der Waals surface area contributed by atoms with Crippen molar-refractivity contribution < 1.29 is 14.3 Å². The highest BCUT2D eigenvalue weighted by atomic mass is 16.5. The Morgan fingerprint density at radius 2 is 1.45 bits per heavy atom. The first-order valence-electron chi connectivity index (χ1n) is 9.38. The van der Waals surface area contributed by atoms with Gasteiger partial charge in [-0.3, -0.25) is 9.59 Å². The van der Waals surface area contributed by atoms with E-state index in [1.165, 1.54) is 0 Å². The van der Waals surface area contributed by atoms with Gasteiger partial charge in [0.25, 0.3) is 5.91 Å². The zero-order chi connectivity index (χ0) is 20.6. The first kappa shape index (κ1) is 20.1. The summed E-state index contributed by atoms with van der Waals surface area (Å²) in [6, 6.07) is 23.9. The van der Waals surface area contributed by atoms with E-state index >= 15 is 0 Å². The molecule has 0 aliphatic rings. The summed E-state index contributed by atoms with van der Waals surface area (Å²) in [6.45, 7) is 0.363. The van der Waals surface area contributed by atoms with Crippen molar-refractivity contribution in [3.05, 3.63) is 95.6 Å². The van der Waals surface area contributed by atoms with Gasteiger partial charge in [-0.25, -0.2) is 0 Å². The number of carbonyl (C=O) groups excluding carboxylic acids is 2. The Bertz CT molecular complexity index is 950. The summed E-state index contributed by atoms with van der Waals surface area (Å²) >= 11 is 0. The molecule has 0 aliphatic heterocycles. The van der Waals surface area contributed by atoms with Crippen LogP contribution < -0.4 is 15.0 Å². The van der Waals surface area contributed by atoms with Gasteiger partial charge in [0.05, 0.1) is 0 Å². The fourth-order valence-corrected chi connectivity index (χ4v) is 2.77. The smallest absolute Gasteiger partial charge is 0.258 e. The van der Waals surface area contributed by atoms with Crippen LogP contribution in [0.5, 0.6) is 5.75 Å². The van der Waals surface area contributed by atoms with Crippen LogP contribution in [0.4, 0.5) is 5.69 Å². The molecule has 0 atom stereocenters. The second kappa shape index (κ2) is 9.55. The number of rotatable bonds is 8. The number of carbonyl (C=O) groups is 2. The van der Waals surface area contributed by atoms with E-state index in [1.54, 1.807) is 36.4 Å². The highest BCUT2D eigenvalue weighted by Crippen LogP contribution is 2.16. The van der Waals surface area contributed by atoms with Gasteiger partial charge in [0, 0.05) is 37.5 Å². The van der Waals surface area contributed by atoms with E-state index in [-0.39, 0.29) is 18.3 Å². The van der Waals surface area contributed by atoms with Crippen molar-refractivity contribution in [3.63, 3.8) is 0 Å². The minimum Gasteiger partial charge on any atom is -0.484 e. The third-order valence-corrected chi connectivity index (χ3v) is 4.46. The first-order chi connectivity index (χ1) is 14.0. The van der Waals surface area contributed by atoms with Crippen LogP contribution in [0, 0.1) is 0 Å². The van der Waals surface area contributed by atoms with E-state index in [0.29, 0.717) is 23.4 Å². The first-order valence-corrected chi connectivity index (χ1v) is 9.38. The lowest BCUT2D eigenvalue weighted by molar-refractivity contribution is -0.123. The molecule has 0 saturated heterocycles. The third kappa shape index (κ3) is 5.69. The molecule has 0 fully saturated rings. The Balaban J connectivity index is 1.47. The lowest BCUT2D eigenvalue weighted by atomic mass is 10.0. The van der Waals surface area contributed by atoms with Crippen molar-refractivity contribution in [1.82, 2.24) is 5.32 Å². The SMILES string of the molecule is CN(C)c1ccc(CNC(=O)COc2ccc(C(=O)c3ccccc3)cc2)cc1. The van der Waals surface area contributed by atoms with E-state index in [9.17, 15) is 9.59 Å². The number of ether oxygens (including phenoxy) is 1. The largest absolute Gasteiger partial charge is 0.484 e. The number of nitrogens with zero attached hydrogens (tertiary/aromatic N) is 1. The molecule has 3 rings (SSSR count). The molecule has 5 heteroatoms. The van der Waals surface area contributed by atoms with E-state index in [1.807, 2.05) is 61.5 Å². The maximum Gasteiger partial charge on any atom is 0.258 e. The number of amides is 1. The van der Waals surface area contributed by atoms with Crippen LogP contribution in [0.15, 0.2) is 78.9 Å². The van der Waals surface area contributed by atoms with Gasteiger partial charge in [-0.2, -0.15) is 0 Å². The summed E-state index contributed by atoms with van der Waals surface area (Å²) in [5.41, 5.74) is 3.35. The number of hydrogen-bond donors (Lipinski definition) is 1. The Hall–Kier alpha value is -3.60. The molecular formula is C24H24N2O3. The molecule has 3 aromatic rings. The summed E-state index contributed by atoms with van der Waals surface area (Å²) in [7, 11) is 3.97. The zero-order valence-electron chi connectivity index (χ0n) is 16.6. The number of ketones is 1. The van der Waals surface area contributed by atoms with E-state index in [2.05, 4.69) is 5.32 Å². The molecular weight excluding hydrogens is 364 g/mol. The Kier molecular flexibility index (Phi) is 6.63. The number of nitrogens with one attached hydrogen (secondary N) is 1. The maximum atomic E-state index is 12.4. The standard InChI is InChI=1S/C24H24N2O3/c1-26(2)21-12-8-18(9-13-21)16-25-23(27)17-29-22-14-10-20(11-15-22)24(28)19-6-4-3-5-7-19/h3-15H,16-17H2,1-2H3,(H,25,27). The zero-order valence-corrected chi connectivity index (χ0v) is 16.6. The fourth-order valence-electron chi connectivity index (χ4n) is 2.77. The lowest BCUT2D eigenvalue weighted by Gasteiger charge is -2.13. The summed E-state index contributed by atoms with van der Waals surface area (Å²) in [4.78, 5) is 26.4. The topological polar surface area (TPSA) is 58.6 Å². The molecule has 148 valence electrons. The predicted molar refractivity (Wildman–Crippen MR) is 114 cm³/mol. The van der Waals surface area contributed by atoms with Crippen molar-refractivity contribution in [2.24, 2.45) is 0 Å². The monoisotopic (exact) mass is 388 g/mol. The third-order valence-electron chi connectivity index (χ3n) is 4.46. The molecule has 3 aromatic carbocycles. The van der Waals surface area contributed by atoms with E-state index < -0.39 is 0 Å². The molecule has 0 saturated carbocycles. The van der Waals surface area contributed by atoms with Crippen molar-refractivity contribution in [2.45, 2.75) is 6.54 Å².